The van der Waals surface area contributed by atoms with Crippen molar-refractivity contribution < 1.29 is 9.53 Å². The standard InChI is InChI=1S/C12H24N2O2/c1-3-4-7-14(10-5-6-10)12(15)8-11(9-13)16-2/h10-11H,3-9,13H2,1-2H3. The van der Waals surface area contributed by atoms with Crippen molar-refractivity contribution >= 4 is 5.91 Å². The van der Waals surface area contributed by atoms with E-state index in [-0.39, 0.29) is 12.0 Å². The third kappa shape index (κ3) is 4.10. The Morgan fingerprint density at radius 1 is 1.56 bits per heavy atom. The molecule has 4 nitrogen and oxygen atoms in total. The highest BCUT2D eigenvalue weighted by Crippen LogP contribution is 2.28. The highest BCUT2D eigenvalue weighted by Gasteiger charge is 2.32. The maximum absolute atomic E-state index is 12.0. The Balaban J connectivity index is 2.40. The Morgan fingerprint density at radius 3 is 2.69 bits per heavy atom. The van der Waals surface area contributed by atoms with Gasteiger partial charge in [-0.3, -0.25) is 4.79 Å². The first-order valence-electron chi connectivity index (χ1n) is 6.25. The van der Waals surface area contributed by atoms with Gasteiger partial charge in [0, 0.05) is 26.2 Å². The van der Waals surface area contributed by atoms with Crippen LogP contribution in [0.4, 0.5) is 0 Å². The van der Waals surface area contributed by atoms with Crippen molar-refractivity contribution in [2.24, 2.45) is 5.73 Å². The van der Waals surface area contributed by atoms with Crippen LogP contribution in [0, 0.1) is 0 Å². The van der Waals surface area contributed by atoms with Crippen molar-refractivity contribution in [2.45, 2.75) is 51.2 Å². The summed E-state index contributed by atoms with van der Waals surface area (Å²) in [5.41, 5.74) is 5.53. The second-order valence-electron chi connectivity index (χ2n) is 4.47. The van der Waals surface area contributed by atoms with Crippen molar-refractivity contribution in [3.05, 3.63) is 0 Å². The van der Waals surface area contributed by atoms with Crippen molar-refractivity contribution in [3.63, 3.8) is 0 Å². The van der Waals surface area contributed by atoms with E-state index in [9.17, 15) is 4.79 Å². The number of nitrogens with two attached hydrogens (primary N) is 1. The molecule has 1 amide bonds. The lowest BCUT2D eigenvalue weighted by atomic mass is 10.2. The molecule has 0 aromatic heterocycles. The zero-order valence-corrected chi connectivity index (χ0v) is 10.4. The molecule has 4 heteroatoms. The summed E-state index contributed by atoms with van der Waals surface area (Å²) in [6, 6.07) is 0.495. The van der Waals surface area contributed by atoms with E-state index in [1.807, 2.05) is 4.90 Å². The number of amides is 1. The van der Waals surface area contributed by atoms with Gasteiger partial charge in [-0.15, -0.1) is 0 Å². The van der Waals surface area contributed by atoms with Crippen molar-refractivity contribution in [1.29, 1.82) is 0 Å². The van der Waals surface area contributed by atoms with Crippen LogP contribution in [-0.2, 0) is 9.53 Å². The number of carbonyl (C=O) groups excluding carboxylic acids is 1. The van der Waals surface area contributed by atoms with Gasteiger partial charge in [0.2, 0.25) is 5.91 Å². The first-order chi connectivity index (χ1) is 7.72. The number of hydrogen-bond donors (Lipinski definition) is 1. The zero-order valence-electron chi connectivity index (χ0n) is 10.4. The Morgan fingerprint density at radius 2 is 2.25 bits per heavy atom. The second kappa shape index (κ2) is 6.86. The Hall–Kier alpha value is -0.610. The summed E-state index contributed by atoms with van der Waals surface area (Å²) in [4.78, 5) is 14.1. The lowest BCUT2D eigenvalue weighted by molar-refractivity contribution is -0.134. The number of rotatable bonds is 8. The van der Waals surface area contributed by atoms with E-state index >= 15 is 0 Å². The lowest BCUT2D eigenvalue weighted by Crippen LogP contribution is -2.38. The summed E-state index contributed by atoms with van der Waals surface area (Å²) >= 11 is 0. The largest absolute Gasteiger partial charge is 0.380 e. The molecule has 0 radical (unpaired) electrons. The van der Waals surface area contributed by atoms with E-state index in [1.54, 1.807) is 7.11 Å². The Kier molecular flexibility index (Phi) is 5.77. The number of methoxy groups -OCH3 is 1. The van der Waals surface area contributed by atoms with Crippen LogP contribution in [0.2, 0.25) is 0 Å². The number of carbonyl (C=O) groups is 1. The van der Waals surface area contributed by atoms with E-state index in [1.165, 1.54) is 0 Å². The normalized spacial score (nSPS) is 17.2. The van der Waals surface area contributed by atoms with Crippen molar-refractivity contribution in [2.75, 3.05) is 20.2 Å². The molecule has 1 rings (SSSR count). The van der Waals surface area contributed by atoms with Crippen LogP contribution in [0.3, 0.4) is 0 Å². The molecule has 1 aliphatic carbocycles. The maximum Gasteiger partial charge on any atom is 0.225 e. The Labute approximate surface area is 98.1 Å². The van der Waals surface area contributed by atoms with E-state index in [4.69, 9.17) is 10.5 Å². The first-order valence-corrected chi connectivity index (χ1v) is 6.25. The lowest BCUT2D eigenvalue weighted by Gasteiger charge is -2.24. The van der Waals surface area contributed by atoms with Crippen LogP contribution in [0.1, 0.15) is 39.0 Å². The van der Waals surface area contributed by atoms with Gasteiger partial charge in [-0.05, 0) is 19.3 Å². The fourth-order valence-corrected chi connectivity index (χ4v) is 1.80. The summed E-state index contributed by atoms with van der Waals surface area (Å²) in [6.45, 7) is 3.45. The monoisotopic (exact) mass is 228 g/mol. The van der Waals surface area contributed by atoms with Gasteiger partial charge in [-0.25, -0.2) is 0 Å². The van der Waals surface area contributed by atoms with Crippen LogP contribution < -0.4 is 5.73 Å². The molecule has 0 aromatic rings. The molecule has 2 N–H and O–H groups in total. The SMILES string of the molecule is CCCCN(C(=O)CC(CN)OC)C1CC1. The predicted molar refractivity (Wildman–Crippen MR) is 64.1 cm³/mol. The molecule has 0 aromatic carbocycles. The van der Waals surface area contributed by atoms with E-state index < -0.39 is 0 Å². The number of nitrogens with zero attached hydrogens (tertiary/aromatic N) is 1. The number of hydrogen-bond acceptors (Lipinski definition) is 3. The van der Waals surface area contributed by atoms with Crippen LogP contribution in [0.15, 0.2) is 0 Å². The smallest absolute Gasteiger partial charge is 0.225 e. The van der Waals surface area contributed by atoms with E-state index in [0.717, 1.165) is 32.2 Å². The molecule has 1 unspecified atom stereocenters. The summed E-state index contributed by atoms with van der Waals surface area (Å²) in [5, 5.41) is 0. The Bertz CT molecular complexity index is 213. The van der Waals surface area contributed by atoms with Gasteiger partial charge in [0.1, 0.15) is 0 Å². The molecule has 1 atom stereocenters. The average Bonchev–Trinajstić information content (AvgIpc) is 3.10. The summed E-state index contributed by atoms with van der Waals surface area (Å²) in [7, 11) is 1.61. The predicted octanol–water partition coefficient (Wildman–Crippen LogP) is 1.14. The molecule has 16 heavy (non-hydrogen) atoms. The summed E-state index contributed by atoms with van der Waals surface area (Å²) < 4.78 is 5.15. The van der Waals surface area contributed by atoms with Crippen LogP contribution in [-0.4, -0.2) is 43.2 Å². The third-order valence-corrected chi connectivity index (χ3v) is 3.06. The highest BCUT2D eigenvalue weighted by molar-refractivity contribution is 5.77. The van der Waals surface area contributed by atoms with Crippen molar-refractivity contribution in [3.8, 4) is 0 Å². The van der Waals surface area contributed by atoms with Crippen molar-refractivity contribution in [1.82, 2.24) is 4.90 Å². The van der Waals surface area contributed by atoms with Crippen LogP contribution in [0.25, 0.3) is 0 Å². The molecule has 0 spiro atoms. The fourth-order valence-electron chi connectivity index (χ4n) is 1.80. The van der Waals surface area contributed by atoms with Gasteiger partial charge >= 0.3 is 0 Å². The van der Waals surface area contributed by atoms with Gasteiger partial charge in [0.15, 0.2) is 0 Å². The van der Waals surface area contributed by atoms with Gasteiger partial charge < -0.3 is 15.4 Å². The third-order valence-electron chi connectivity index (χ3n) is 3.06. The number of unbranched alkanes of at least 4 members (excludes halogenated alkanes) is 1. The zero-order chi connectivity index (χ0) is 12.0. The maximum atomic E-state index is 12.0. The molecule has 0 aliphatic heterocycles. The molecule has 0 bridgehead atoms. The quantitative estimate of drug-likeness (QED) is 0.678. The minimum Gasteiger partial charge on any atom is -0.380 e. The highest BCUT2D eigenvalue weighted by atomic mass is 16.5. The van der Waals surface area contributed by atoms with Crippen LogP contribution in [0.5, 0.6) is 0 Å². The minimum absolute atomic E-state index is 0.129. The molecular weight excluding hydrogens is 204 g/mol. The molecule has 0 saturated heterocycles. The van der Waals surface area contributed by atoms with Gasteiger partial charge in [-0.2, -0.15) is 0 Å². The van der Waals surface area contributed by atoms with Gasteiger partial charge in [-0.1, -0.05) is 13.3 Å². The first kappa shape index (κ1) is 13.5. The van der Waals surface area contributed by atoms with Gasteiger partial charge in [0.05, 0.1) is 12.5 Å². The topological polar surface area (TPSA) is 55.6 Å². The molecule has 1 saturated carbocycles. The van der Waals surface area contributed by atoms with E-state index in [2.05, 4.69) is 6.92 Å². The fraction of sp³-hybridized carbons (Fsp3) is 0.917. The minimum atomic E-state index is -0.129. The molecule has 0 heterocycles. The average molecular weight is 228 g/mol. The molecule has 1 aliphatic rings. The summed E-state index contributed by atoms with van der Waals surface area (Å²) in [5.74, 6) is 0.202. The summed E-state index contributed by atoms with van der Waals surface area (Å²) in [6.07, 6.45) is 4.83. The molecule has 94 valence electrons. The molecular formula is C12H24N2O2. The second-order valence-corrected chi connectivity index (χ2v) is 4.47. The molecule has 1 fully saturated rings. The van der Waals surface area contributed by atoms with E-state index in [0.29, 0.717) is 19.0 Å². The number of ether oxygens (including phenoxy) is 1. The van der Waals surface area contributed by atoms with Gasteiger partial charge in [0.25, 0.3) is 0 Å². The van der Waals surface area contributed by atoms with Crippen LogP contribution >= 0.6 is 0 Å².